The van der Waals surface area contributed by atoms with Crippen molar-refractivity contribution in [1.82, 2.24) is 4.90 Å². The number of nitrogens with zero attached hydrogens (tertiary/aromatic N) is 1. The lowest BCUT2D eigenvalue weighted by molar-refractivity contribution is -0.140. The molecule has 0 aromatic heterocycles. The molecule has 116 valence electrons. The van der Waals surface area contributed by atoms with Crippen molar-refractivity contribution in [2.45, 2.75) is 19.8 Å². The van der Waals surface area contributed by atoms with Crippen LogP contribution < -0.4 is 10.5 Å². The average molecular weight is 294 g/mol. The molecule has 0 bridgehead atoms. The van der Waals surface area contributed by atoms with E-state index in [4.69, 9.17) is 10.5 Å². The maximum Gasteiger partial charge on any atom is 0.305 e. The lowest BCUT2D eigenvalue weighted by Crippen LogP contribution is -2.29. The molecule has 6 heteroatoms. The van der Waals surface area contributed by atoms with Gasteiger partial charge in [-0.05, 0) is 25.5 Å². The van der Waals surface area contributed by atoms with Crippen molar-refractivity contribution in [2.75, 3.05) is 33.0 Å². The van der Waals surface area contributed by atoms with Crippen LogP contribution in [0.15, 0.2) is 18.2 Å². The summed E-state index contributed by atoms with van der Waals surface area (Å²) in [5.41, 5.74) is 6.63. The molecule has 0 unspecified atom stereocenters. The van der Waals surface area contributed by atoms with Gasteiger partial charge in [-0.15, -0.1) is 0 Å². The van der Waals surface area contributed by atoms with Gasteiger partial charge in [0.05, 0.1) is 13.7 Å². The number of rotatable bonds is 7. The SMILES string of the molecule is CCOc1cccc(N)c1C(=O)N(C)CCCC(=O)OC. The van der Waals surface area contributed by atoms with Gasteiger partial charge in [-0.25, -0.2) is 0 Å². The molecular weight excluding hydrogens is 272 g/mol. The minimum atomic E-state index is -0.287. The van der Waals surface area contributed by atoms with Crippen molar-refractivity contribution in [2.24, 2.45) is 0 Å². The molecule has 1 amide bonds. The molecule has 1 aromatic rings. The molecule has 0 aliphatic heterocycles. The Bertz CT molecular complexity index is 502. The molecule has 0 saturated heterocycles. The maximum absolute atomic E-state index is 12.5. The fourth-order valence-electron chi connectivity index (χ4n) is 1.91. The number of methoxy groups -OCH3 is 1. The Morgan fingerprint density at radius 1 is 1.33 bits per heavy atom. The van der Waals surface area contributed by atoms with E-state index in [1.165, 1.54) is 12.0 Å². The van der Waals surface area contributed by atoms with Gasteiger partial charge in [0.25, 0.3) is 5.91 Å². The molecular formula is C15H22N2O4. The number of carbonyl (C=O) groups is 2. The molecule has 0 aliphatic rings. The molecule has 0 aliphatic carbocycles. The van der Waals surface area contributed by atoms with Gasteiger partial charge in [-0.3, -0.25) is 9.59 Å². The van der Waals surface area contributed by atoms with Gasteiger partial charge in [-0.2, -0.15) is 0 Å². The molecule has 0 spiro atoms. The highest BCUT2D eigenvalue weighted by Gasteiger charge is 2.19. The second-order valence-electron chi connectivity index (χ2n) is 4.56. The fraction of sp³-hybridized carbons (Fsp3) is 0.467. The molecule has 0 saturated carbocycles. The van der Waals surface area contributed by atoms with E-state index in [1.807, 2.05) is 6.92 Å². The molecule has 6 nitrogen and oxygen atoms in total. The zero-order chi connectivity index (χ0) is 15.8. The standard InChI is InChI=1S/C15H22N2O4/c1-4-21-12-8-5-7-11(16)14(12)15(19)17(2)10-6-9-13(18)20-3/h5,7-8H,4,6,9-10,16H2,1-3H3. The van der Waals surface area contributed by atoms with Crippen molar-refractivity contribution in [1.29, 1.82) is 0 Å². The Kier molecular flexibility index (Phi) is 6.52. The van der Waals surface area contributed by atoms with Crippen LogP contribution in [0, 0.1) is 0 Å². The highest BCUT2D eigenvalue weighted by atomic mass is 16.5. The van der Waals surface area contributed by atoms with E-state index >= 15 is 0 Å². The van der Waals surface area contributed by atoms with E-state index in [-0.39, 0.29) is 18.3 Å². The van der Waals surface area contributed by atoms with E-state index in [1.54, 1.807) is 25.2 Å². The minimum Gasteiger partial charge on any atom is -0.493 e. The third-order valence-electron chi connectivity index (χ3n) is 3.02. The molecule has 2 N–H and O–H groups in total. The summed E-state index contributed by atoms with van der Waals surface area (Å²) >= 11 is 0. The number of hydrogen-bond acceptors (Lipinski definition) is 5. The first-order valence-electron chi connectivity index (χ1n) is 6.84. The zero-order valence-electron chi connectivity index (χ0n) is 12.7. The molecule has 0 heterocycles. The van der Waals surface area contributed by atoms with Crippen LogP contribution in [0.3, 0.4) is 0 Å². The Labute approximate surface area is 124 Å². The molecule has 21 heavy (non-hydrogen) atoms. The smallest absolute Gasteiger partial charge is 0.305 e. The quantitative estimate of drug-likeness (QED) is 0.611. The Hall–Kier alpha value is -2.24. The summed E-state index contributed by atoms with van der Waals surface area (Å²) in [7, 11) is 3.01. The average Bonchev–Trinajstić information content (AvgIpc) is 2.46. The normalized spacial score (nSPS) is 10.0. The van der Waals surface area contributed by atoms with Gasteiger partial charge in [0.15, 0.2) is 0 Å². The van der Waals surface area contributed by atoms with Crippen LogP contribution in [0.4, 0.5) is 5.69 Å². The lowest BCUT2D eigenvalue weighted by atomic mass is 10.1. The molecule has 0 atom stereocenters. The Morgan fingerprint density at radius 3 is 2.67 bits per heavy atom. The van der Waals surface area contributed by atoms with Gasteiger partial charge < -0.3 is 20.1 Å². The van der Waals surface area contributed by atoms with E-state index in [2.05, 4.69) is 4.74 Å². The number of ether oxygens (including phenoxy) is 2. The molecule has 1 rings (SSSR count). The number of nitrogens with two attached hydrogens (primary N) is 1. The number of esters is 1. The second kappa shape index (κ2) is 8.14. The monoisotopic (exact) mass is 294 g/mol. The highest BCUT2D eigenvalue weighted by Crippen LogP contribution is 2.25. The van der Waals surface area contributed by atoms with E-state index in [9.17, 15) is 9.59 Å². The summed E-state index contributed by atoms with van der Waals surface area (Å²) < 4.78 is 10.0. The van der Waals surface area contributed by atoms with Gasteiger partial charge in [-0.1, -0.05) is 6.07 Å². The van der Waals surface area contributed by atoms with Crippen molar-refractivity contribution < 1.29 is 19.1 Å². The number of benzene rings is 1. The third-order valence-corrected chi connectivity index (χ3v) is 3.02. The van der Waals surface area contributed by atoms with Crippen molar-refractivity contribution in [3.8, 4) is 5.75 Å². The molecule has 1 aromatic carbocycles. The van der Waals surface area contributed by atoms with Crippen LogP contribution in [-0.2, 0) is 9.53 Å². The first kappa shape index (κ1) is 16.8. The minimum absolute atomic E-state index is 0.221. The van der Waals surface area contributed by atoms with Crippen LogP contribution in [-0.4, -0.2) is 44.1 Å². The van der Waals surface area contributed by atoms with Crippen LogP contribution in [0.25, 0.3) is 0 Å². The van der Waals surface area contributed by atoms with Crippen molar-refractivity contribution >= 4 is 17.6 Å². The van der Waals surface area contributed by atoms with Crippen molar-refractivity contribution in [3.05, 3.63) is 23.8 Å². The number of anilines is 1. The maximum atomic E-state index is 12.5. The predicted molar refractivity (Wildman–Crippen MR) is 80.2 cm³/mol. The second-order valence-corrected chi connectivity index (χ2v) is 4.56. The molecule has 0 fully saturated rings. The zero-order valence-corrected chi connectivity index (χ0v) is 12.7. The van der Waals surface area contributed by atoms with Gasteiger partial charge in [0.1, 0.15) is 11.3 Å². The largest absolute Gasteiger partial charge is 0.493 e. The predicted octanol–water partition coefficient (Wildman–Crippen LogP) is 1.69. The first-order chi connectivity index (χ1) is 10.0. The van der Waals surface area contributed by atoms with Gasteiger partial charge in [0.2, 0.25) is 0 Å². The highest BCUT2D eigenvalue weighted by molar-refractivity contribution is 6.01. The van der Waals surface area contributed by atoms with E-state index in [0.717, 1.165) is 0 Å². The number of amides is 1. The van der Waals surface area contributed by atoms with Gasteiger partial charge in [0, 0.05) is 25.7 Å². The van der Waals surface area contributed by atoms with E-state index in [0.29, 0.717) is 36.6 Å². The van der Waals surface area contributed by atoms with Crippen LogP contribution in [0.1, 0.15) is 30.1 Å². The van der Waals surface area contributed by atoms with Crippen LogP contribution >= 0.6 is 0 Å². The van der Waals surface area contributed by atoms with Gasteiger partial charge >= 0.3 is 5.97 Å². The summed E-state index contributed by atoms with van der Waals surface area (Å²) in [6.45, 7) is 2.74. The Morgan fingerprint density at radius 2 is 2.05 bits per heavy atom. The third kappa shape index (κ3) is 4.66. The summed E-state index contributed by atoms with van der Waals surface area (Å²) in [5, 5.41) is 0. The van der Waals surface area contributed by atoms with Crippen LogP contribution in [0.2, 0.25) is 0 Å². The summed E-state index contributed by atoms with van der Waals surface area (Å²) in [5.74, 6) is -0.0335. The number of carbonyl (C=O) groups excluding carboxylic acids is 2. The first-order valence-corrected chi connectivity index (χ1v) is 6.84. The van der Waals surface area contributed by atoms with Crippen LogP contribution in [0.5, 0.6) is 5.75 Å². The fourth-order valence-corrected chi connectivity index (χ4v) is 1.91. The summed E-state index contributed by atoms with van der Waals surface area (Å²) in [6.07, 6.45) is 0.808. The topological polar surface area (TPSA) is 81.9 Å². The Balaban J connectivity index is 2.76. The molecule has 0 radical (unpaired) electrons. The summed E-state index contributed by atoms with van der Waals surface area (Å²) in [6, 6.07) is 5.13. The summed E-state index contributed by atoms with van der Waals surface area (Å²) in [4.78, 5) is 25.0. The number of hydrogen-bond donors (Lipinski definition) is 1. The van der Waals surface area contributed by atoms with Crippen molar-refractivity contribution in [3.63, 3.8) is 0 Å². The van der Waals surface area contributed by atoms with E-state index < -0.39 is 0 Å². The number of nitrogen functional groups attached to an aromatic ring is 1. The lowest BCUT2D eigenvalue weighted by Gasteiger charge is -2.20.